The van der Waals surface area contributed by atoms with E-state index in [0.29, 0.717) is 6.61 Å². The maximum absolute atomic E-state index is 11.6. The minimum absolute atomic E-state index is 0.0657. The van der Waals surface area contributed by atoms with Crippen molar-refractivity contribution in [2.75, 3.05) is 6.61 Å². The van der Waals surface area contributed by atoms with Gasteiger partial charge >= 0.3 is 6.03 Å². The molecule has 0 heterocycles. The van der Waals surface area contributed by atoms with Gasteiger partial charge in [0, 0.05) is 6.04 Å². The molecule has 0 bridgehead atoms. The van der Waals surface area contributed by atoms with Crippen LogP contribution >= 0.6 is 0 Å². The molecule has 0 saturated carbocycles. The van der Waals surface area contributed by atoms with E-state index in [0.717, 1.165) is 11.3 Å². The average Bonchev–Trinajstić information content (AvgIpc) is 2.38. The molecule has 1 aromatic rings. The van der Waals surface area contributed by atoms with E-state index in [1.54, 1.807) is 6.92 Å². The molecule has 6 nitrogen and oxygen atoms in total. The minimum Gasteiger partial charge on any atom is -0.494 e. The van der Waals surface area contributed by atoms with Gasteiger partial charge in [0.2, 0.25) is 5.91 Å². The molecule has 0 radical (unpaired) electrons. The van der Waals surface area contributed by atoms with Gasteiger partial charge in [-0.1, -0.05) is 12.1 Å². The van der Waals surface area contributed by atoms with Gasteiger partial charge in [0.05, 0.1) is 12.6 Å². The predicted octanol–water partition coefficient (Wildman–Crippen LogP) is 1.32. The van der Waals surface area contributed by atoms with Crippen LogP contribution in [0.3, 0.4) is 0 Å². The zero-order valence-corrected chi connectivity index (χ0v) is 12.0. The maximum Gasteiger partial charge on any atom is 0.318 e. The number of urea groups is 1. The Bertz CT molecular complexity index is 476. The van der Waals surface area contributed by atoms with Crippen LogP contribution in [0.2, 0.25) is 0 Å². The zero-order chi connectivity index (χ0) is 15.1. The van der Waals surface area contributed by atoms with E-state index >= 15 is 0 Å². The van der Waals surface area contributed by atoms with Crippen LogP contribution in [-0.2, 0) is 4.79 Å². The summed E-state index contributed by atoms with van der Waals surface area (Å²) in [6.45, 7) is 6.12. The fourth-order valence-electron chi connectivity index (χ4n) is 1.82. The number of nitrogens with one attached hydrogen (secondary N) is 2. The second-order valence-corrected chi connectivity index (χ2v) is 4.47. The SMILES string of the molecule is CCOc1cccc([C@@H](C)N[C@H](C)C(=O)NC(N)=O)c1. The highest BCUT2D eigenvalue weighted by Crippen LogP contribution is 2.19. The first-order valence-corrected chi connectivity index (χ1v) is 6.53. The molecule has 0 spiro atoms. The molecule has 6 heteroatoms. The van der Waals surface area contributed by atoms with Crippen LogP contribution < -0.4 is 21.1 Å². The Morgan fingerprint density at radius 1 is 1.35 bits per heavy atom. The molecule has 0 aromatic heterocycles. The van der Waals surface area contributed by atoms with Gasteiger partial charge in [0.25, 0.3) is 0 Å². The highest BCUT2D eigenvalue weighted by atomic mass is 16.5. The maximum atomic E-state index is 11.6. The third kappa shape index (κ3) is 4.89. The lowest BCUT2D eigenvalue weighted by atomic mass is 10.1. The Morgan fingerprint density at radius 3 is 2.65 bits per heavy atom. The third-order valence-corrected chi connectivity index (χ3v) is 2.81. The van der Waals surface area contributed by atoms with E-state index in [4.69, 9.17) is 10.5 Å². The van der Waals surface area contributed by atoms with Crippen molar-refractivity contribution in [3.05, 3.63) is 29.8 Å². The molecule has 0 aliphatic rings. The van der Waals surface area contributed by atoms with Gasteiger partial charge in [-0.3, -0.25) is 15.4 Å². The molecule has 20 heavy (non-hydrogen) atoms. The predicted molar refractivity (Wildman–Crippen MR) is 76.3 cm³/mol. The van der Waals surface area contributed by atoms with Crippen LogP contribution in [0.5, 0.6) is 5.75 Å². The smallest absolute Gasteiger partial charge is 0.318 e. The van der Waals surface area contributed by atoms with Crippen LogP contribution in [0, 0.1) is 0 Å². The van der Waals surface area contributed by atoms with E-state index in [2.05, 4.69) is 5.32 Å². The summed E-state index contributed by atoms with van der Waals surface area (Å²) in [4.78, 5) is 22.2. The lowest BCUT2D eigenvalue weighted by molar-refractivity contribution is -0.121. The van der Waals surface area contributed by atoms with Gasteiger partial charge in [-0.05, 0) is 38.5 Å². The Balaban J connectivity index is 2.65. The summed E-state index contributed by atoms with van der Waals surface area (Å²) in [5.41, 5.74) is 5.91. The van der Waals surface area contributed by atoms with E-state index in [1.807, 2.05) is 43.4 Å². The monoisotopic (exact) mass is 279 g/mol. The van der Waals surface area contributed by atoms with Gasteiger partial charge in [0.1, 0.15) is 5.75 Å². The number of carbonyl (C=O) groups excluding carboxylic acids is 2. The summed E-state index contributed by atoms with van der Waals surface area (Å²) in [5, 5.41) is 5.14. The van der Waals surface area contributed by atoms with Gasteiger partial charge in [0.15, 0.2) is 0 Å². The molecule has 3 amide bonds. The van der Waals surface area contributed by atoms with Crippen molar-refractivity contribution < 1.29 is 14.3 Å². The molecule has 110 valence electrons. The van der Waals surface area contributed by atoms with Crippen molar-refractivity contribution in [3.8, 4) is 5.75 Å². The molecular formula is C14H21N3O3. The molecule has 0 unspecified atom stereocenters. The van der Waals surface area contributed by atoms with Crippen molar-refractivity contribution in [1.29, 1.82) is 0 Å². The fraction of sp³-hybridized carbons (Fsp3) is 0.429. The Kier molecular flexibility index (Phi) is 5.99. The number of hydrogen-bond acceptors (Lipinski definition) is 4. The Hall–Kier alpha value is -2.08. The number of carbonyl (C=O) groups is 2. The van der Waals surface area contributed by atoms with Crippen LogP contribution in [0.1, 0.15) is 32.4 Å². The second-order valence-electron chi connectivity index (χ2n) is 4.47. The second kappa shape index (κ2) is 7.49. The molecule has 1 rings (SSSR count). The standard InChI is InChI=1S/C14H21N3O3/c1-4-20-12-7-5-6-11(8-12)9(2)16-10(3)13(18)17-14(15)19/h5-10,16H,4H2,1-3H3,(H3,15,17,18,19)/t9-,10-/m1/s1. The Labute approximate surface area is 118 Å². The number of nitrogens with two attached hydrogens (primary N) is 1. The van der Waals surface area contributed by atoms with Gasteiger partial charge in [-0.15, -0.1) is 0 Å². The molecular weight excluding hydrogens is 258 g/mol. The first-order chi connectivity index (χ1) is 9.43. The summed E-state index contributed by atoms with van der Waals surface area (Å²) in [6, 6.07) is 6.18. The summed E-state index contributed by atoms with van der Waals surface area (Å²) in [6.07, 6.45) is 0. The number of primary amides is 1. The van der Waals surface area contributed by atoms with Gasteiger partial charge in [-0.2, -0.15) is 0 Å². The summed E-state index contributed by atoms with van der Waals surface area (Å²) < 4.78 is 5.43. The summed E-state index contributed by atoms with van der Waals surface area (Å²) in [7, 11) is 0. The third-order valence-electron chi connectivity index (χ3n) is 2.81. The molecule has 2 atom stereocenters. The summed E-state index contributed by atoms with van der Waals surface area (Å²) >= 11 is 0. The average molecular weight is 279 g/mol. The van der Waals surface area contributed by atoms with Crippen LogP contribution in [0.15, 0.2) is 24.3 Å². The molecule has 4 N–H and O–H groups in total. The van der Waals surface area contributed by atoms with Crippen molar-refractivity contribution in [1.82, 2.24) is 10.6 Å². The lowest BCUT2D eigenvalue weighted by Gasteiger charge is -2.19. The van der Waals surface area contributed by atoms with Crippen LogP contribution in [0.25, 0.3) is 0 Å². The molecule has 0 saturated heterocycles. The zero-order valence-electron chi connectivity index (χ0n) is 12.0. The van der Waals surface area contributed by atoms with Crippen molar-refractivity contribution >= 4 is 11.9 Å². The number of imide groups is 1. The quantitative estimate of drug-likeness (QED) is 0.732. The highest BCUT2D eigenvalue weighted by molar-refractivity contribution is 5.96. The van der Waals surface area contributed by atoms with Crippen LogP contribution in [0.4, 0.5) is 4.79 Å². The van der Waals surface area contributed by atoms with Crippen molar-refractivity contribution in [2.24, 2.45) is 5.73 Å². The van der Waals surface area contributed by atoms with Gasteiger partial charge in [-0.25, -0.2) is 4.79 Å². The highest BCUT2D eigenvalue weighted by Gasteiger charge is 2.17. The van der Waals surface area contributed by atoms with Gasteiger partial charge < -0.3 is 10.5 Å². The first-order valence-electron chi connectivity index (χ1n) is 6.53. The molecule has 1 aromatic carbocycles. The molecule has 0 fully saturated rings. The van der Waals surface area contributed by atoms with Crippen molar-refractivity contribution in [3.63, 3.8) is 0 Å². The van der Waals surface area contributed by atoms with E-state index in [-0.39, 0.29) is 6.04 Å². The normalized spacial score (nSPS) is 13.3. The topological polar surface area (TPSA) is 93.4 Å². The number of amides is 3. The number of ether oxygens (including phenoxy) is 1. The lowest BCUT2D eigenvalue weighted by Crippen LogP contribution is -2.47. The first kappa shape index (κ1) is 16.0. The van der Waals surface area contributed by atoms with E-state index < -0.39 is 18.0 Å². The van der Waals surface area contributed by atoms with E-state index in [9.17, 15) is 9.59 Å². The number of benzene rings is 1. The summed E-state index contributed by atoms with van der Waals surface area (Å²) in [5.74, 6) is 0.332. The number of rotatable bonds is 6. The Morgan fingerprint density at radius 2 is 2.05 bits per heavy atom. The minimum atomic E-state index is -0.852. The largest absolute Gasteiger partial charge is 0.494 e. The fourth-order valence-corrected chi connectivity index (χ4v) is 1.82. The van der Waals surface area contributed by atoms with E-state index in [1.165, 1.54) is 0 Å². The van der Waals surface area contributed by atoms with Crippen molar-refractivity contribution in [2.45, 2.75) is 32.9 Å². The molecule has 0 aliphatic carbocycles. The van der Waals surface area contributed by atoms with Crippen LogP contribution in [-0.4, -0.2) is 24.6 Å². The number of hydrogen-bond donors (Lipinski definition) is 3. The molecule has 0 aliphatic heterocycles.